The van der Waals surface area contributed by atoms with Crippen molar-refractivity contribution in [2.45, 2.75) is 45.2 Å². The van der Waals surface area contributed by atoms with E-state index in [4.69, 9.17) is 0 Å². The molecule has 2 aromatic rings. The second-order valence-electron chi connectivity index (χ2n) is 6.77. The van der Waals surface area contributed by atoms with Crippen molar-refractivity contribution >= 4 is 21.4 Å². The third kappa shape index (κ3) is 2.19. The first-order chi connectivity index (χ1) is 9.81. The second kappa shape index (κ2) is 5.16. The summed E-state index contributed by atoms with van der Waals surface area (Å²) >= 11 is 1.87. The van der Waals surface area contributed by atoms with Crippen molar-refractivity contribution in [1.29, 1.82) is 0 Å². The van der Waals surface area contributed by atoms with Gasteiger partial charge in [0.15, 0.2) is 0 Å². The molecule has 4 unspecified atom stereocenters. The molecule has 2 fully saturated rings. The van der Waals surface area contributed by atoms with Gasteiger partial charge in [-0.25, -0.2) is 0 Å². The van der Waals surface area contributed by atoms with Crippen molar-refractivity contribution in [3.8, 4) is 0 Å². The van der Waals surface area contributed by atoms with Gasteiger partial charge in [-0.3, -0.25) is 0 Å². The zero-order valence-electron chi connectivity index (χ0n) is 12.1. The van der Waals surface area contributed by atoms with E-state index in [1.54, 1.807) is 0 Å². The molecule has 4 rings (SSSR count). The number of nitrogens with one attached hydrogen (secondary N) is 1. The fraction of sp³-hybridized carbons (Fsp3) is 0.556. The predicted octanol–water partition coefficient (Wildman–Crippen LogP) is 4.82. The first-order valence-electron chi connectivity index (χ1n) is 8.00. The lowest BCUT2D eigenvalue weighted by atomic mass is 9.84. The molecular weight excluding hydrogens is 262 g/mol. The van der Waals surface area contributed by atoms with Gasteiger partial charge in [0, 0.05) is 17.3 Å². The number of thiophene rings is 1. The van der Waals surface area contributed by atoms with Crippen molar-refractivity contribution in [2.75, 3.05) is 0 Å². The first-order valence-corrected chi connectivity index (χ1v) is 8.87. The van der Waals surface area contributed by atoms with Gasteiger partial charge in [0.1, 0.15) is 0 Å². The number of fused-ring (bicyclic) bond motifs is 3. The Morgan fingerprint density at radius 3 is 2.95 bits per heavy atom. The van der Waals surface area contributed by atoms with Crippen LogP contribution >= 0.6 is 11.3 Å². The molecule has 2 aliphatic carbocycles. The summed E-state index contributed by atoms with van der Waals surface area (Å²) in [4.78, 5) is 0. The van der Waals surface area contributed by atoms with Crippen LogP contribution in [0.5, 0.6) is 0 Å². The summed E-state index contributed by atoms with van der Waals surface area (Å²) in [6.07, 6.45) is 5.98. The summed E-state index contributed by atoms with van der Waals surface area (Å²) in [6, 6.07) is 9.43. The normalized spacial score (nSPS) is 30.1. The highest BCUT2D eigenvalue weighted by molar-refractivity contribution is 7.17. The maximum Gasteiger partial charge on any atom is 0.0346 e. The zero-order valence-corrected chi connectivity index (χ0v) is 13.0. The highest BCUT2D eigenvalue weighted by Gasteiger charge is 2.41. The molecule has 0 radical (unpaired) electrons. The molecule has 1 aromatic carbocycles. The van der Waals surface area contributed by atoms with Gasteiger partial charge in [-0.15, -0.1) is 11.3 Å². The van der Waals surface area contributed by atoms with Gasteiger partial charge in [0.25, 0.3) is 0 Å². The second-order valence-corrected chi connectivity index (χ2v) is 7.68. The molecule has 0 spiro atoms. The van der Waals surface area contributed by atoms with Gasteiger partial charge >= 0.3 is 0 Å². The smallest absolute Gasteiger partial charge is 0.0346 e. The third-order valence-electron chi connectivity index (χ3n) is 5.61. The lowest BCUT2D eigenvalue weighted by Crippen LogP contribution is -2.35. The Balaban J connectivity index is 1.42. The molecule has 2 heteroatoms. The molecule has 1 N–H and O–H groups in total. The molecule has 106 valence electrons. The topological polar surface area (TPSA) is 12.0 Å². The third-order valence-corrected chi connectivity index (χ3v) is 6.62. The van der Waals surface area contributed by atoms with Crippen LogP contribution in [0.25, 0.3) is 10.1 Å². The van der Waals surface area contributed by atoms with E-state index in [0.29, 0.717) is 6.04 Å². The van der Waals surface area contributed by atoms with Crippen LogP contribution < -0.4 is 5.32 Å². The van der Waals surface area contributed by atoms with Crippen LogP contribution in [-0.2, 0) is 6.54 Å². The lowest BCUT2D eigenvalue weighted by Gasteiger charge is -2.28. The minimum atomic E-state index is 0.670. The Labute approximate surface area is 125 Å². The van der Waals surface area contributed by atoms with Crippen LogP contribution in [0.4, 0.5) is 0 Å². The molecule has 1 nitrogen and oxygen atoms in total. The highest BCUT2D eigenvalue weighted by Crippen LogP contribution is 2.49. The van der Waals surface area contributed by atoms with E-state index in [1.165, 1.54) is 41.3 Å². The van der Waals surface area contributed by atoms with E-state index >= 15 is 0 Å². The average Bonchev–Trinajstić information content (AvgIpc) is 3.19. The van der Waals surface area contributed by atoms with Gasteiger partial charge in [-0.2, -0.15) is 0 Å². The number of hydrogen-bond donors (Lipinski definition) is 1. The number of hydrogen-bond acceptors (Lipinski definition) is 2. The van der Waals surface area contributed by atoms with Gasteiger partial charge < -0.3 is 5.32 Å². The monoisotopic (exact) mass is 285 g/mol. The maximum absolute atomic E-state index is 3.81. The summed E-state index contributed by atoms with van der Waals surface area (Å²) in [5, 5.41) is 7.57. The van der Waals surface area contributed by atoms with Crippen molar-refractivity contribution in [3.05, 3.63) is 35.2 Å². The summed E-state index contributed by atoms with van der Waals surface area (Å²) < 4.78 is 1.41. The largest absolute Gasteiger partial charge is 0.310 e. The first kappa shape index (κ1) is 12.8. The Morgan fingerprint density at radius 1 is 1.25 bits per heavy atom. The highest BCUT2D eigenvalue weighted by atomic mass is 32.1. The fourth-order valence-corrected chi connectivity index (χ4v) is 5.46. The van der Waals surface area contributed by atoms with Crippen molar-refractivity contribution < 1.29 is 0 Å². The summed E-state index contributed by atoms with van der Waals surface area (Å²) in [6.45, 7) is 3.43. The van der Waals surface area contributed by atoms with E-state index in [2.05, 4.69) is 41.9 Å². The lowest BCUT2D eigenvalue weighted by molar-refractivity contribution is 0.259. The quantitative estimate of drug-likeness (QED) is 0.849. The van der Waals surface area contributed by atoms with Gasteiger partial charge in [-0.05, 0) is 66.3 Å². The number of benzene rings is 1. The molecule has 4 atom stereocenters. The minimum Gasteiger partial charge on any atom is -0.310 e. The molecule has 2 bridgehead atoms. The summed E-state index contributed by atoms with van der Waals surface area (Å²) in [5.41, 5.74) is 1.47. The zero-order chi connectivity index (χ0) is 13.5. The van der Waals surface area contributed by atoms with E-state index in [-0.39, 0.29) is 0 Å². The molecule has 1 aromatic heterocycles. The predicted molar refractivity (Wildman–Crippen MR) is 87.1 cm³/mol. The Hall–Kier alpha value is -0.860. The average molecular weight is 285 g/mol. The number of rotatable bonds is 4. The van der Waals surface area contributed by atoms with E-state index in [9.17, 15) is 0 Å². The van der Waals surface area contributed by atoms with Crippen LogP contribution in [0.1, 0.15) is 38.2 Å². The Morgan fingerprint density at radius 2 is 2.15 bits per heavy atom. The van der Waals surface area contributed by atoms with Crippen LogP contribution in [0.15, 0.2) is 29.6 Å². The van der Waals surface area contributed by atoms with E-state index < -0.39 is 0 Å². The van der Waals surface area contributed by atoms with Crippen molar-refractivity contribution in [1.82, 2.24) is 5.32 Å². The molecule has 20 heavy (non-hydrogen) atoms. The Kier molecular flexibility index (Phi) is 3.31. The molecule has 2 aliphatic rings. The van der Waals surface area contributed by atoms with Gasteiger partial charge in [-0.1, -0.05) is 24.6 Å². The van der Waals surface area contributed by atoms with Crippen molar-refractivity contribution in [3.63, 3.8) is 0 Å². The standard InChI is InChI=1S/C18H23NS/c1-12(17-9-13-6-7-14(17)8-13)19-10-15-11-20-18-5-3-2-4-16(15)18/h2-5,11-14,17,19H,6-10H2,1H3. The van der Waals surface area contributed by atoms with Crippen LogP contribution in [0.2, 0.25) is 0 Å². The molecule has 0 saturated heterocycles. The summed E-state index contributed by atoms with van der Waals surface area (Å²) in [7, 11) is 0. The Bertz CT molecular complexity index is 602. The van der Waals surface area contributed by atoms with Gasteiger partial charge in [0.2, 0.25) is 0 Å². The molecular formula is C18H23NS. The van der Waals surface area contributed by atoms with Crippen LogP contribution in [0.3, 0.4) is 0 Å². The minimum absolute atomic E-state index is 0.670. The van der Waals surface area contributed by atoms with Crippen LogP contribution in [-0.4, -0.2) is 6.04 Å². The fourth-order valence-electron chi connectivity index (χ4n) is 4.50. The molecule has 0 aliphatic heterocycles. The molecule has 0 amide bonds. The maximum atomic E-state index is 3.81. The van der Waals surface area contributed by atoms with E-state index in [0.717, 1.165) is 24.3 Å². The SMILES string of the molecule is CC(NCc1csc2ccccc12)C1CC2CCC1C2. The van der Waals surface area contributed by atoms with Gasteiger partial charge in [0.05, 0.1) is 0 Å². The molecule has 2 saturated carbocycles. The van der Waals surface area contributed by atoms with Crippen LogP contribution in [0, 0.1) is 17.8 Å². The summed E-state index contributed by atoms with van der Waals surface area (Å²) in [5.74, 6) is 3.00. The van der Waals surface area contributed by atoms with Crippen molar-refractivity contribution in [2.24, 2.45) is 17.8 Å². The van der Waals surface area contributed by atoms with E-state index in [1.807, 2.05) is 11.3 Å². The molecule has 1 heterocycles.